The van der Waals surface area contributed by atoms with E-state index in [1.165, 1.54) is 25.7 Å². The van der Waals surface area contributed by atoms with Crippen LogP contribution in [0, 0.1) is 6.92 Å². The van der Waals surface area contributed by atoms with Crippen molar-refractivity contribution in [2.24, 2.45) is 0 Å². The highest BCUT2D eigenvalue weighted by atomic mass is 16.5. The third kappa shape index (κ3) is 1.94. The van der Waals surface area contributed by atoms with Crippen LogP contribution in [0.25, 0.3) is 11.1 Å². The summed E-state index contributed by atoms with van der Waals surface area (Å²) in [6.45, 7) is 3.95. The van der Waals surface area contributed by atoms with Crippen LogP contribution in [0.2, 0.25) is 0 Å². The van der Waals surface area contributed by atoms with E-state index in [9.17, 15) is 0 Å². The summed E-state index contributed by atoms with van der Waals surface area (Å²) >= 11 is 0. The molecule has 0 spiro atoms. The van der Waals surface area contributed by atoms with Gasteiger partial charge in [-0.2, -0.15) is 4.98 Å². The molecule has 1 aliphatic rings. The minimum atomic E-state index is 0.530. The molecule has 2 heterocycles. The first kappa shape index (κ1) is 11.4. The van der Waals surface area contributed by atoms with Gasteiger partial charge in [-0.05, 0) is 26.2 Å². The minimum absolute atomic E-state index is 0.530. The molecule has 1 fully saturated rings. The van der Waals surface area contributed by atoms with E-state index < -0.39 is 0 Å². The fourth-order valence-corrected chi connectivity index (χ4v) is 2.63. The average Bonchev–Trinajstić information content (AvgIpc) is 2.97. The third-order valence-electron chi connectivity index (χ3n) is 3.55. The van der Waals surface area contributed by atoms with Crippen LogP contribution in [0.5, 0.6) is 0 Å². The van der Waals surface area contributed by atoms with Crippen molar-refractivity contribution in [3.8, 4) is 0 Å². The van der Waals surface area contributed by atoms with E-state index in [2.05, 4.69) is 27.4 Å². The van der Waals surface area contributed by atoms with Gasteiger partial charge in [-0.15, -0.1) is 0 Å². The molecule has 3 rings (SSSR count). The highest BCUT2D eigenvalue weighted by molar-refractivity contribution is 5.87. The predicted octanol–water partition coefficient (Wildman–Crippen LogP) is 2.84. The zero-order valence-electron chi connectivity index (χ0n) is 10.9. The molecule has 1 aliphatic carbocycles. The Morgan fingerprint density at radius 1 is 1.28 bits per heavy atom. The van der Waals surface area contributed by atoms with Crippen LogP contribution in [0.4, 0.5) is 5.82 Å². The highest BCUT2D eigenvalue weighted by Crippen LogP contribution is 2.28. The molecule has 5 nitrogen and oxygen atoms in total. The number of rotatable bonds is 3. The molecule has 0 radical (unpaired) electrons. The van der Waals surface area contributed by atoms with Gasteiger partial charge >= 0.3 is 0 Å². The van der Waals surface area contributed by atoms with Gasteiger partial charge in [0.25, 0.3) is 5.71 Å². The van der Waals surface area contributed by atoms with Gasteiger partial charge in [0, 0.05) is 6.04 Å². The summed E-state index contributed by atoms with van der Waals surface area (Å²) in [6, 6.07) is 0.530. The Bertz CT molecular complexity index is 557. The SMILES string of the molecule is CCc1noc2nc(C)nc(NC3CCCC3)c12. The number of nitrogens with zero attached hydrogens (tertiary/aromatic N) is 3. The van der Waals surface area contributed by atoms with Crippen molar-refractivity contribution < 1.29 is 4.52 Å². The van der Waals surface area contributed by atoms with Crippen LogP contribution in [0.3, 0.4) is 0 Å². The minimum Gasteiger partial charge on any atom is -0.367 e. The quantitative estimate of drug-likeness (QED) is 0.902. The molecule has 0 bridgehead atoms. The van der Waals surface area contributed by atoms with Gasteiger partial charge in [0.2, 0.25) is 0 Å². The van der Waals surface area contributed by atoms with Gasteiger partial charge in [0.05, 0.1) is 5.69 Å². The number of hydrogen-bond donors (Lipinski definition) is 1. The van der Waals surface area contributed by atoms with Gasteiger partial charge in [0.15, 0.2) is 0 Å². The van der Waals surface area contributed by atoms with E-state index in [0.29, 0.717) is 11.8 Å². The molecule has 1 saturated carbocycles. The molecule has 1 N–H and O–H groups in total. The molecule has 5 heteroatoms. The molecule has 2 aromatic heterocycles. The van der Waals surface area contributed by atoms with Crippen LogP contribution in [-0.2, 0) is 6.42 Å². The van der Waals surface area contributed by atoms with Crippen LogP contribution in [0.15, 0.2) is 4.52 Å². The van der Waals surface area contributed by atoms with E-state index in [1.807, 2.05) is 6.92 Å². The Kier molecular flexibility index (Phi) is 2.89. The summed E-state index contributed by atoms with van der Waals surface area (Å²) in [7, 11) is 0. The first-order valence-corrected chi connectivity index (χ1v) is 6.67. The Morgan fingerprint density at radius 3 is 2.78 bits per heavy atom. The van der Waals surface area contributed by atoms with Crippen LogP contribution < -0.4 is 5.32 Å². The Morgan fingerprint density at radius 2 is 2.06 bits per heavy atom. The summed E-state index contributed by atoms with van der Waals surface area (Å²) < 4.78 is 5.28. The number of hydrogen-bond acceptors (Lipinski definition) is 5. The van der Waals surface area contributed by atoms with Gasteiger partial charge in [-0.3, -0.25) is 0 Å². The maximum Gasteiger partial charge on any atom is 0.263 e. The highest BCUT2D eigenvalue weighted by Gasteiger charge is 2.20. The first-order chi connectivity index (χ1) is 8.78. The Hall–Kier alpha value is -1.65. The van der Waals surface area contributed by atoms with Crippen molar-refractivity contribution in [2.75, 3.05) is 5.32 Å². The lowest BCUT2D eigenvalue weighted by molar-refractivity contribution is 0.439. The number of aryl methyl sites for hydroxylation is 2. The molecule has 2 aromatic rings. The Balaban J connectivity index is 2.04. The smallest absolute Gasteiger partial charge is 0.263 e. The summed E-state index contributed by atoms with van der Waals surface area (Å²) in [6.07, 6.45) is 5.87. The van der Waals surface area contributed by atoms with E-state index in [4.69, 9.17) is 4.52 Å². The maximum absolute atomic E-state index is 5.28. The van der Waals surface area contributed by atoms with Crippen molar-refractivity contribution in [3.05, 3.63) is 11.5 Å². The monoisotopic (exact) mass is 246 g/mol. The second-order valence-corrected chi connectivity index (χ2v) is 4.91. The van der Waals surface area contributed by atoms with E-state index in [0.717, 1.165) is 29.1 Å². The van der Waals surface area contributed by atoms with Crippen molar-refractivity contribution >= 4 is 16.9 Å². The van der Waals surface area contributed by atoms with E-state index >= 15 is 0 Å². The molecule has 0 amide bonds. The molecule has 0 aliphatic heterocycles. The van der Waals surface area contributed by atoms with E-state index in [-0.39, 0.29) is 0 Å². The topological polar surface area (TPSA) is 63.8 Å². The third-order valence-corrected chi connectivity index (χ3v) is 3.55. The van der Waals surface area contributed by atoms with Crippen molar-refractivity contribution in [1.82, 2.24) is 15.1 Å². The Labute approximate surface area is 106 Å². The number of fused-ring (bicyclic) bond motifs is 1. The molecule has 0 unspecified atom stereocenters. The van der Waals surface area contributed by atoms with Crippen molar-refractivity contribution in [2.45, 2.75) is 52.0 Å². The van der Waals surface area contributed by atoms with Crippen LogP contribution >= 0.6 is 0 Å². The lowest BCUT2D eigenvalue weighted by Crippen LogP contribution is -2.16. The number of nitrogens with one attached hydrogen (secondary N) is 1. The lowest BCUT2D eigenvalue weighted by Gasteiger charge is -2.13. The largest absolute Gasteiger partial charge is 0.367 e. The molecule has 0 aromatic carbocycles. The van der Waals surface area contributed by atoms with Gasteiger partial charge in [-0.1, -0.05) is 24.9 Å². The van der Waals surface area contributed by atoms with E-state index in [1.54, 1.807) is 0 Å². The number of anilines is 1. The van der Waals surface area contributed by atoms with Gasteiger partial charge < -0.3 is 9.84 Å². The summed E-state index contributed by atoms with van der Waals surface area (Å²) in [5.41, 5.74) is 1.53. The first-order valence-electron chi connectivity index (χ1n) is 6.67. The van der Waals surface area contributed by atoms with Gasteiger partial charge in [0.1, 0.15) is 17.0 Å². The molecule has 18 heavy (non-hydrogen) atoms. The lowest BCUT2D eigenvalue weighted by atomic mass is 10.2. The van der Waals surface area contributed by atoms with Crippen molar-refractivity contribution in [1.29, 1.82) is 0 Å². The van der Waals surface area contributed by atoms with Crippen LogP contribution in [-0.4, -0.2) is 21.2 Å². The standard InChI is InChI=1S/C13H18N4O/c1-3-10-11-12(16-9-6-4-5-7-9)14-8(2)15-13(11)18-17-10/h9H,3-7H2,1-2H3,(H,14,15,16). The average molecular weight is 246 g/mol. The van der Waals surface area contributed by atoms with Crippen LogP contribution in [0.1, 0.15) is 44.1 Å². The molecular weight excluding hydrogens is 228 g/mol. The normalized spacial score (nSPS) is 16.6. The molecular formula is C13H18N4O. The van der Waals surface area contributed by atoms with Crippen molar-refractivity contribution in [3.63, 3.8) is 0 Å². The summed E-state index contributed by atoms with van der Waals surface area (Å²) in [5.74, 6) is 1.62. The predicted molar refractivity (Wildman–Crippen MR) is 69.6 cm³/mol. The van der Waals surface area contributed by atoms with Gasteiger partial charge in [-0.25, -0.2) is 4.98 Å². The molecule has 0 atom stereocenters. The maximum atomic E-state index is 5.28. The zero-order valence-corrected chi connectivity index (χ0v) is 10.9. The second-order valence-electron chi connectivity index (χ2n) is 4.91. The summed E-state index contributed by atoms with van der Waals surface area (Å²) in [5, 5.41) is 8.56. The fraction of sp³-hybridized carbons (Fsp3) is 0.615. The fourth-order valence-electron chi connectivity index (χ4n) is 2.63. The second kappa shape index (κ2) is 4.55. The molecule has 0 saturated heterocycles. The molecule has 96 valence electrons. The zero-order chi connectivity index (χ0) is 12.5. The summed E-state index contributed by atoms with van der Waals surface area (Å²) in [4.78, 5) is 8.82. The number of aromatic nitrogens is 3.